The largest absolute Gasteiger partial charge is 1.00 e. The summed E-state index contributed by atoms with van der Waals surface area (Å²) in [4.78, 5) is 11.5. The summed E-state index contributed by atoms with van der Waals surface area (Å²) in [5, 5.41) is 20.4. The van der Waals surface area contributed by atoms with E-state index in [-0.39, 0.29) is 47.8 Å². The third-order valence-corrected chi connectivity index (χ3v) is 2.58. The van der Waals surface area contributed by atoms with Crippen LogP contribution < -0.4 is 34.7 Å². The van der Waals surface area contributed by atoms with Crippen LogP contribution in [0.3, 0.4) is 0 Å². The summed E-state index contributed by atoms with van der Waals surface area (Å²) >= 11 is 0. The minimum Gasteiger partial charge on any atom is -0.857 e. The maximum atomic E-state index is 11.4. The molecule has 1 aliphatic heterocycles. The van der Waals surface area contributed by atoms with Crippen LogP contribution in [-0.2, 0) is 4.74 Å². The van der Waals surface area contributed by atoms with Crippen molar-refractivity contribution in [3.8, 4) is 5.88 Å². The fourth-order valence-corrected chi connectivity index (χ4v) is 1.77. The van der Waals surface area contributed by atoms with E-state index in [2.05, 4.69) is 15.0 Å². The van der Waals surface area contributed by atoms with Gasteiger partial charge in [0.25, 0.3) is 0 Å². The number of aliphatic hydroxyl groups excluding tert-OH is 1. The van der Waals surface area contributed by atoms with Gasteiger partial charge in [-0.25, -0.2) is 9.97 Å². The first-order valence-corrected chi connectivity index (χ1v) is 5.09. The molecule has 0 spiro atoms. The molecular weight excluding hydrogens is 247 g/mol. The van der Waals surface area contributed by atoms with E-state index in [1.807, 2.05) is 0 Å². The SMILES string of the molecule is [Na+].[O-]c1ncnc2c1ncn2C1C=CC(CO)O1. The van der Waals surface area contributed by atoms with E-state index in [9.17, 15) is 5.11 Å². The number of hydrogen-bond acceptors (Lipinski definition) is 6. The van der Waals surface area contributed by atoms with E-state index in [0.29, 0.717) is 5.65 Å². The number of aliphatic hydroxyl groups is 1. The monoisotopic (exact) mass is 256 g/mol. The van der Waals surface area contributed by atoms with E-state index in [1.165, 1.54) is 12.7 Å². The number of ether oxygens (including phenoxy) is 1. The second kappa shape index (κ2) is 5.33. The van der Waals surface area contributed by atoms with Crippen molar-refractivity contribution in [1.82, 2.24) is 19.5 Å². The van der Waals surface area contributed by atoms with Gasteiger partial charge in [-0.05, 0) is 6.08 Å². The fraction of sp³-hybridized carbons (Fsp3) is 0.300. The topological polar surface area (TPSA) is 96.1 Å². The van der Waals surface area contributed by atoms with Gasteiger partial charge in [-0.15, -0.1) is 0 Å². The normalized spacial score (nSPS) is 22.3. The number of aromatic nitrogens is 4. The molecule has 7 nitrogen and oxygen atoms in total. The van der Waals surface area contributed by atoms with Crippen molar-refractivity contribution >= 4 is 11.2 Å². The van der Waals surface area contributed by atoms with Crippen molar-refractivity contribution in [1.29, 1.82) is 0 Å². The Balaban J connectivity index is 0.00000120. The number of imidazole rings is 1. The van der Waals surface area contributed by atoms with Crippen molar-refractivity contribution in [2.75, 3.05) is 6.61 Å². The Morgan fingerprint density at radius 3 is 2.89 bits per heavy atom. The quantitative estimate of drug-likeness (QED) is 0.439. The third-order valence-electron chi connectivity index (χ3n) is 2.58. The molecule has 1 aliphatic rings. The molecule has 0 saturated heterocycles. The van der Waals surface area contributed by atoms with E-state index in [0.717, 1.165) is 0 Å². The van der Waals surface area contributed by atoms with Gasteiger partial charge in [0.05, 0.1) is 12.9 Å². The zero-order valence-electron chi connectivity index (χ0n) is 9.72. The summed E-state index contributed by atoms with van der Waals surface area (Å²) in [7, 11) is 0. The molecule has 0 bridgehead atoms. The molecule has 8 heteroatoms. The van der Waals surface area contributed by atoms with Gasteiger partial charge < -0.3 is 14.9 Å². The van der Waals surface area contributed by atoms with Crippen molar-refractivity contribution in [2.45, 2.75) is 12.3 Å². The number of fused-ring (bicyclic) bond motifs is 1. The van der Waals surface area contributed by atoms with E-state index in [1.54, 1.807) is 16.7 Å². The summed E-state index contributed by atoms with van der Waals surface area (Å²) < 4.78 is 7.13. The molecule has 2 aromatic heterocycles. The number of hydrogen-bond donors (Lipinski definition) is 1. The first-order valence-electron chi connectivity index (χ1n) is 5.09. The van der Waals surface area contributed by atoms with Crippen LogP contribution >= 0.6 is 0 Å². The second-order valence-corrected chi connectivity index (χ2v) is 3.64. The Bertz CT molecular complexity index is 586. The average molecular weight is 256 g/mol. The summed E-state index contributed by atoms with van der Waals surface area (Å²) in [6.07, 6.45) is 5.50. The Hall–Kier alpha value is -0.990. The maximum absolute atomic E-state index is 11.4. The van der Waals surface area contributed by atoms with Crippen LogP contribution in [0.1, 0.15) is 6.23 Å². The molecule has 0 amide bonds. The summed E-state index contributed by atoms with van der Waals surface area (Å²) in [6, 6.07) is 0. The van der Waals surface area contributed by atoms with Gasteiger partial charge in [0.15, 0.2) is 11.9 Å². The van der Waals surface area contributed by atoms with Crippen molar-refractivity contribution in [2.24, 2.45) is 0 Å². The number of nitrogens with zero attached hydrogens (tertiary/aromatic N) is 4. The predicted molar refractivity (Wildman–Crippen MR) is 54.9 cm³/mol. The van der Waals surface area contributed by atoms with Crippen molar-refractivity contribution in [3.63, 3.8) is 0 Å². The van der Waals surface area contributed by atoms with E-state index in [4.69, 9.17) is 9.84 Å². The van der Waals surface area contributed by atoms with Gasteiger partial charge in [0.2, 0.25) is 0 Å². The molecule has 3 rings (SSSR count). The van der Waals surface area contributed by atoms with E-state index < -0.39 is 12.1 Å². The Kier molecular flexibility index (Phi) is 3.98. The summed E-state index contributed by atoms with van der Waals surface area (Å²) in [6.45, 7) is -0.0819. The van der Waals surface area contributed by atoms with Crippen LogP contribution in [0.5, 0.6) is 5.88 Å². The van der Waals surface area contributed by atoms with Gasteiger partial charge in [0.1, 0.15) is 17.9 Å². The minimum atomic E-state index is -0.408. The van der Waals surface area contributed by atoms with Crippen LogP contribution in [0, 0.1) is 0 Å². The predicted octanol–water partition coefficient (Wildman–Crippen LogP) is -3.65. The fourth-order valence-electron chi connectivity index (χ4n) is 1.77. The average Bonchev–Trinajstić information content (AvgIpc) is 2.94. The third kappa shape index (κ3) is 2.15. The molecule has 0 fully saturated rings. The first kappa shape index (κ1) is 13.4. The van der Waals surface area contributed by atoms with Gasteiger partial charge in [-0.3, -0.25) is 9.55 Å². The molecule has 0 radical (unpaired) electrons. The van der Waals surface area contributed by atoms with Crippen LogP contribution in [0.25, 0.3) is 11.2 Å². The summed E-state index contributed by atoms with van der Waals surface area (Å²) in [5.41, 5.74) is 0.648. The van der Waals surface area contributed by atoms with E-state index >= 15 is 0 Å². The molecule has 0 aliphatic carbocycles. The maximum Gasteiger partial charge on any atom is 1.00 e. The van der Waals surface area contributed by atoms with Crippen LogP contribution in [0.2, 0.25) is 0 Å². The molecule has 88 valence electrons. The van der Waals surface area contributed by atoms with Gasteiger partial charge >= 0.3 is 29.6 Å². The van der Waals surface area contributed by atoms with Gasteiger partial charge in [-0.2, -0.15) is 0 Å². The Morgan fingerprint density at radius 1 is 1.33 bits per heavy atom. The smallest absolute Gasteiger partial charge is 0.857 e. The second-order valence-electron chi connectivity index (χ2n) is 3.64. The standard InChI is InChI=1S/C10H10N4O3.Na/c15-3-6-1-2-7(17-6)14-5-13-8-9(14)11-4-12-10(8)16;/h1-2,4-7,15H,3H2,(H,11,12,16);/q;+1/p-1. The first-order chi connectivity index (χ1) is 8.29. The molecular formula is C10H9N4NaO3. The van der Waals surface area contributed by atoms with Crippen molar-refractivity contribution in [3.05, 3.63) is 24.8 Å². The van der Waals surface area contributed by atoms with Crippen LogP contribution in [0.4, 0.5) is 0 Å². The molecule has 0 aromatic carbocycles. The zero-order chi connectivity index (χ0) is 11.8. The van der Waals surface area contributed by atoms with Crippen LogP contribution in [-0.4, -0.2) is 37.3 Å². The molecule has 3 heterocycles. The van der Waals surface area contributed by atoms with Gasteiger partial charge in [0, 0.05) is 5.88 Å². The zero-order valence-corrected chi connectivity index (χ0v) is 11.7. The number of rotatable bonds is 2. The van der Waals surface area contributed by atoms with Crippen LogP contribution in [0.15, 0.2) is 24.8 Å². The molecule has 2 aromatic rings. The Morgan fingerprint density at radius 2 is 2.17 bits per heavy atom. The molecule has 2 unspecified atom stereocenters. The Labute approximate surface area is 124 Å². The minimum absolute atomic E-state index is 0. The molecule has 18 heavy (non-hydrogen) atoms. The van der Waals surface area contributed by atoms with Crippen molar-refractivity contribution < 1.29 is 44.5 Å². The molecule has 0 saturated carbocycles. The molecule has 2 atom stereocenters. The summed E-state index contributed by atoms with van der Waals surface area (Å²) in [5.74, 6) is -0.408. The van der Waals surface area contributed by atoms with Gasteiger partial charge in [-0.1, -0.05) is 6.08 Å². The molecule has 1 N–H and O–H groups in total.